The third-order valence-corrected chi connectivity index (χ3v) is 11.0. The molecule has 0 aliphatic carbocycles. The highest BCUT2D eigenvalue weighted by atomic mass is 33.1. The molecular weight excluding hydrogens is 629 g/mol. The Morgan fingerprint density at radius 1 is 1.16 bits per heavy atom. The summed E-state index contributed by atoms with van der Waals surface area (Å²) in [6.45, 7) is 8.89. The van der Waals surface area contributed by atoms with Gasteiger partial charge in [0.1, 0.15) is 35.8 Å². The molecular formula is C32H45N5O5PS2+. The largest absolute Gasteiger partial charge is 0.459 e. The highest BCUT2D eigenvalue weighted by molar-refractivity contribution is 8.66. The standard InChI is InChI=1S/C28H36N5O5PS2.C4H8/c1-22(23-12-8-6-9-13-23)30-26(29-2)16-17-31(21-34)27-19-32(39(36-5)33(3,4)41-40)18-25(38-27)20-37-28(35)24-14-10-7-11-15-24;1-3-4-2/h6-17,21,25,27H,1,18-20H2,2-5H3,(H-,29,30,40);3-4H,1-2H3/p+1/b17-16-;4-3-. The number of thiol groups is 1. The Morgan fingerprint density at radius 2 is 1.76 bits per heavy atom. The average Bonchev–Trinajstić information content (AvgIpc) is 3.07. The number of aliphatic imine (C=N–C) groups is 1. The molecule has 45 heavy (non-hydrogen) atoms. The summed E-state index contributed by atoms with van der Waals surface area (Å²) >= 11 is 4.44. The van der Waals surface area contributed by atoms with E-state index in [9.17, 15) is 9.59 Å². The van der Waals surface area contributed by atoms with Crippen LogP contribution in [0.2, 0.25) is 0 Å². The molecule has 1 saturated heterocycles. The molecule has 2 aromatic rings. The molecule has 3 unspecified atom stereocenters. The van der Waals surface area contributed by atoms with Crippen molar-refractivity contribution in [2.24, 2.45) is 4.99 Å². The minimum atomic E-state index is -1.21. The van der Waals surface area contributed by atoms with Gasteiger partial charge in [-0.15, -0.1) is 0 Å². The fourth-order valence-corrected chi connectivity index (χ4v) is 7.22. The molecule has 1 amide bonds. The first-order valence-electron chi connectivity index (χ1n) is 14.2. The normalized spacial score (nSPS) is 18.2. The lowest BCUT2D eigenvalue weighted by atomic mass is 10.2. The van der Waals surface area contributed by atoms with Crippen LogP contribution in [-0.2, 0) is 18.8 Å². The summed E-state index contributed by atoms with van der Waals surface area (Å²) in [5.41, 5.74) is 2.04. The summed E-state index contributed by atoms with van der Waals surface area (Å²) in [5.74, 6) is 0.0645. The number of allylic oxidation sites excluding steroid dienone is 2. The van der Waals surface area contributed by atoms with Crippen LogP contribution in [0.25, 0.3) is 5.70 Å². The number of rotatable bonds is 13. The molecule has 10 nitrogen and oxygen atoms in total. The minimum Gasteiger partial charge on any atom is -0.459 e. The Balaban J connectivity index is 0.00000166. The Hall–Kier alpha value is -2.96. The van der Waals surface area contributed by atoms with E-state index in [4.69, 9.17) is 14.0 Å². The van der Waals surface area contributed by atoms with Crippen LogP contribution in [0.4, 0.5) is 0 Å². The molecule has 244 valence electrons. The predicted molar refractivity (Wildman–Crippen MR) is 189 cm³/mol. The van der Waals surface area contributed by atoms with Gasteiger partial charge in [0, 0.05) is 32.6 Å². The first-order valence-corrected chi connectivity index (χ1v) is 17.2. The fourth-order valence-electron chi connectivity index (χ4n) is 4.06. The molecule has 1 N–H and O–H groups in total. The summed E-state index contributed by atoms with van der Waals surface area (Å²) in [6.07, 6.45) is 6.78. The number of hydrogen-bond acceptors (Lipinski definition) is 9. The number of ether oxygens (including phenoxy) is 2. The predicted octanol–water partition coefficient (Wildman–Crippen LogP) is 6.16. The Labute approximate surface area is 278 Å². The Morgan fingerprint density at radius 3 is 2.27 bits per heavy atom. The van der Waals surface area contributed by atoms with E-state index < -0.39 is 26.8 Å². The second-order valence-electron chi connectivity index (χ2n) is 9.97. The molecule has 2 aromatic carbocycles. The average molecular weight is 675 g/mol. The zero-order valence-electron chi connectivity index (χ0n) is 26.8. The van der Waals surface area contributed by atoms with Gasteiger partial charge in [0.2, 0.25) is 6.41 Å². The molecule has 1 heterocycles. The van der Waals surface area contributed by atoms with Crippen molar-refractivity contribution in [1.82, 2.24) is 14.9 Å². The van der Waals surface area contributed by atoms with Gasteiger partial charge in [0.15, 0.2) is 0 Å². The van der Waals surface area contributed by atoms with E-state index in [0.717, 1.165) is 5.56 Å². The zero-order valence-corrected chi connectivity index (χ0v) is 29.4. The number of amides is 1. The van der Waals surface area contributed by atoms with Crippen molar-refractivity contribution in [3.63, 3.8) is 0 Å². The molecule has 0 spiro atoms. The first-order chi connectivity index (χ1) is 21.6. The van der Waals surface area contributed by atoms with Crippen LogP contribution >= 0.6 is 31.1 Å². The molecule has 0 bridgehead atoms. The summed E-state index contributed by atoms with van der Waals surface area (Å²) in [6, 6.07) is 18.4. The van der Waals surface area contributed by atoms with E-state index >= 15 is 0 Å². The van der Waals surface area contributed by atoms with E-state index in [1.54, 1.807) is 50.7 Å². The van der Waals surface area contributed by atoms with Crippen molar-refractivity contribution in [3.05, 3.63) is 103 Å². The maximum absolute atomic E-state index is 12.6. The molecule has 1 aliphatic heterocycles. The smallest absolute Gasteiger partial charge is 0.355 e. The van der Waals surface area contributed by atoms with E-state index in [1.807, 2.05) is 76.5 Å². The molecule has 3 atom stereocenters. The van der Waals surface area contributed by atoms with E-state index in [2.05, 4.69) is 33.2 Å². The van der Waals surface area contributed by atoms with Crippen LogP contribution in [0.15, 0.2) is 96.7 Å². The van der Waals surface area contributed by atoms with Crippen LogP contribution in [0, 0.1) is 0 Å². The number of nitrogens with zero attached hydrogens (tertiary/aromatic N) is 4. The van der Waals surface area contributed by atoms with Gasteiger partial charge in [-0.2, -0.15) is 0 Å². The van der Waals surface area contributed by atoms with Crippen molar-refractivity contribution in [3.8, 4) is 0 Å². The van der Waals surface area contributed by atoms with Gasteiger partial charge < -0.3 is 19.3 Å². The van der Waals surface area contributed by atoms with Crippen molar-refractivity contribution in [2.75, 3.05) is 47.9 Å². The number of morpholine rings is 1. The number of carbonyl (C=O) groups excluding carboxylic acids is 2. The van der Waals surface area contributed by atoms with Gasteiger partial charge in [0.05, 0.1) is 26.2 Å². The SMILES string of the molecule is C/C=C\C.C=C(NC(/C=C\N(C=O)C1CN(P(OC)[N+](C)(C)SS)CC(COC(=O)c2ccccc2)O1)=NC)c1ccccc1. The van der Waals surface area contributed by atoms with Crippen LogP contribution in [-0.4, -0.2) is 91.7 Å². The number of hydrogen-bond donors (Lipinski definition) is 2. The topological polar surface area (TPSA) is 92.7 Å². The number of amidine groups is 1. The van der Waals surface area contributed by atoms with Crippen molar-refractivity contribution in [2.45, 2.75) is 26.2 Å². The first kappa shape index (κ1) is 38.2. The molecule has 13 heteroatoms. The molecule has 1 fully saturated rings. The summed E-state index contributed by atoms with van der Waals surface area (Å²) in [7, 11) is 7.42. The maximum atomic E-state index is 12.6. The lowest BCUT2D eigenvalue weighted by Gasteiger charge is -2.44. The molecule has 0 aromatic heterocycles. The van der Waals surface area contributed by atoms with Crippen molar-refractivity contribution < 1.29 is 27.2 Å². The van der Waals surface area contributed by atoms with Gasteiger partial charge in [-0.1, -0.05) is 67.3 Å². The second-order valence-corrected chi connectivity index (χ2v) is 14.2. The minimum absolute atomic E-state index is 0.00555. The second kappa shape index (κ2) is 20.2. The van der Waals surface area contributed by atoms with Gasteiger partial charge in [-0.05, 0) is 49.3 Å². The summed E-state index contributed by atoms with van der Waals surface area (Å²) < 4.78 is 20.3. The number of benzene rings is 2. The third kappa shape index (κ3) is 12.4. The summed E-state index contributed by atoms with van der Waals surface area (Å²) in [4.78, 5) is 30.6. The molecule has 0 saturated carbocycles. The van der Waals surface area contributed by atoms with Gasteiger partial charge >= 0.3 is 14.4 Å². The lowest BCUT2D eigenvalue weighted by molar-refractivity contribution is -0.616. The Kier molecular flexibility index (Phi) is 17.2. The van der Waals surface area contributed by atoms with Crippen LogP contribution in [0.1, 0.15) is 29.8 Å². The molecule has 0 radical (unpaired) electrons. The maximum Gasteiger partial charge on any atom is 0.355 e. The van der Waals surface area contributed by atoms with Crippen molar-refractivity contribution >= 4 is 55.0 Å². The van der Waals surface area contributed by atoms with Crippen molar-refractivity contribution in [1.29, 1.82) is 0 Å². The van der Waals surface area contributed by atoms with Crippen LogP contribution in [0.3, 0.4) is 0 Å². The van der Waals surface area contributed by atoms with Gasteiger partial charge in [0.25, 0.3) is 0 Å². The quantitative estimate of drug-likeness (QED) is 0.0301. The zero-order chi connectivity index (χ0) is 33.2. The Bertz CT molecular complexity index is 1290. The van der Waals surface area contributed by atoms with Crippen LogP contribution in [0.5, 0.6) is 0 Å². The number of carbonyl (C=O) groups is 2. The summed E-state index contributed by atoms with van der Waals surface area (Å²) in [5, 5.41) is 3.17. The fraction of sp³-hybridized carbons (Fsp3) is 0.344. The number of quaternary nitrogens is 1. The monoisotopic (exact) mass is 674 g/mol. The van der Waals surface area contributed by atoms with E-state index in [-0.39, 0.29) is 6.61 Å². The van der Waals surface area contributed by atoms with Crippen LogP contribution < -0.4 is 5.32 Å². The number of esters is 1. The van der Waals surface area contributed by atoms with E-state index in [0.29, 0.717) is 40.3 Å². The van der Waals surface area contributed by atoms with Gasteiger partial charge in [-0.25, -0.2) is 13.1 Å². The highest BCUT2D eigenvalue weighted by Crippen LogP contribution is 2.55. The molecule has 1 aliphatic rings. The molecule has 3 rings (SSSR count). The lowest BCUT2D eigenvalue weighted by Crippen LogP contribution is -2.54. The van der Waals surface area contributed by atoms with Gasteiger partial charge in [-0.3, -0.25) is 14.7 Å². The highest BCUT2D eigenvalue weighted by Gasteiger charge is 2.44. The third-order valence-electron chi connectivity index (χ3n) is 6.39. The van der Waals surface area contributed by atoms with E-state index in [1.165, 1.54) is 15.9 Å². The number of nitrogens with one attached hydrogen (secondary N) is 1.